The van der Waals surface area contributed by atoms with Crippen LogP contribution in [0.4, 0.5) is 0 Å². The molecule has 1 N–H and O–H groups in total. The molecule has 0 spiro atoms. The molecule has 1 aromatic carbocycles. The number of benzene rings is 1. The van der Waals surface area contributed by atoms with Crippen LogP contribution in [0.15, 0.2) is 35.7 Å². The van der Waals surface area contributed by atoms with Crippen LogP contribution in [0.2, 0.25) is 0 Å². The van der Waals surface area contributed by atoms with Crippen molar-refractivity contribution in [3.63, 3.8) is 0 Å². The van der Waals surface area contributed by atoms with Crippen LogP contribution in [0.1, 0.15) is 61.5 Å². The van der Waals surface area contributed by atoms with Gasteiger partial charge < -0.3 is 0 Å². The molecule has 30 heavy (non-hydrogen) atoms. The first-order valence-corrected chi connectivity index (χ1v) is 13.6. The van der Waals surface area contributed by atoms with Gasteiger partial charge in [-0.3, -0.25) is 4.68 Å². The normalized spacial score (nSPS) is 19.1. The number of hydrogen-bond donors (Lipinski definition) is 1. The minimum Gasteiger partial charge on any atom is -0.260 e. The summed E-state index contributed by atoms with van der Waals surface area (Å²) >= 11 is 1.88. The summed E-state index contributed by atoms with van der Waals surface area (Å²) in [6, 6.07) is 10.2. The van der Waals surface area contributed by atoms with E-state index in [4.69, 9.17) is 5.10 Å². The SMILES string of the molecule is C[C@@H](NS(=O)(=O)C=Cc1c2c(nn1Cc1ccccc1)CCSC2)C1CCCCC1. The Kier molecular flexibility index (Phi) is 7.01. The molecule has 2 aliphatic rings. The highest BCUT2D eigenvalue weighted by atomic mass is 32.2. The van der Waals surface area contributed by atoms with E-state index in [2.05, 4.69) is 16.9 Å². The first kappa shape index (κ1) is 21.7. The van der Waals surface area contributed by atoms with Gasteiger partial charge in [-0.25, -0.2) is 13.1 Å². The molecule has 1 atom stereocenters. The van der Waals surface area contributed by atoms with Crippen molar-refractivity contribution in [2.75, 3.05) is 5.75 Å². The number of rotatable bonds is 7. The fourth-order valence-electron chi connectivity index (χ4n) is 4.51. The van der Waals surface area contributed by atoms with Crippen molar-refractivity contribution in [3.05, 3.63) is 58.3 Å². The number of sulfonamides is 1. The largest absolute Gasteiger partial charge is 0.260 e. The summed E-state index contributed by atoms with van der Waals surface area (Å²) in [5.74, 6) is 2.39. The molecule has 4 rings (SSSR count). The number of nitrogens with zero attached hydrogens (tertiary/aromatic N) is 2. The molecule has 0 saturated heterocycles. The zero-order chi connectivity index (χ0) is 21.0. The van der Waals surface area contributed by atoms with Crippen LogP contribution >= 0.6 is 11.8 Å². The van der Waals surface area contributed by atoms with Gasteiger partial charge in [0.15, 0.2) is 0 Å². The molecule has 1 saturated carbocycles. The number of aromatic nitrogens is 2. The fraction of sp³-hybridized carbons (Fsp3) is 0.522. The number of fused-ring (bicyclic) bond motifs is 1. The van der Waals surface area contributed by atoms with E-state index in [-0.39, 0.29) is 6.04 Å². The third-order valence-corrected chi connectivity index (χ3v) is 8.37. The standard InChI is InChI=1S/C23H31N3O2S2/c1-18(20-10-6-3-7-11-20)25-30(27,28)15-13-23-21-17-29-14-12-22(21)24-26(23)16-19-8-4-2-5-9-19/h2,4-5,8-9,13,15,18,20,25H,3,6-7,10-12,14,16-17H2,1H3/t18-/m1/s1. The molecule has 1 aliphatic carbocycles. The first-order chi connectivity index (χ1) is 14.5. The van der Waals surface area contributed by atoms with Crippen LogP contribution in [-0.2, 0) is 28.7 Å². The molecule has 1 fully saturated rings. The maximum Gasteiger partial charge on any atom is 0.234 e. The van der Waals surface area contributed by atoms with Crippen LogP contribution < -0.4 is 4.72 Å². The second kappa shape index (κ2) is 9.71. The van der Waals surface area contributed by atoms with Gasteiger partial charge in [0, 0.05) is 29.2 Å². The van der Waals surface area contributed by atoms with Crippen molar-refractivity contribution in [2.45, 2.75) is 63.8 Å². The van der Waals surface area contributed by atoms with E-state index in [1.807, 2.05) is 41.6 Å². The van der Waals surface area contributed by atoms with Crippen LogP contribution in [-0.4, -0.2) is 30.0 Å². The third kappa shape index (κ3) is 5.37. The average molecular weight is 446 g/mol. The fourth-order valence-corrected chi connectivity index (χ4v) is 6.61. The van der Waals surface area contributed by atoms with Crippen LogP contribution in [0.5, 0.6) is 0 Å². The lowest BCUT2D eigenvalue weighted by Crippen LogP contribution is -2.37. The predicted octanol–water partition coefficient (Wildman–Crippen LogP) is 4.58. The molecular weight excluding hydrogens is 414 g/mol. The Morgan fingerprint density at radius 3 is 2.77 bits per heavy atom. The van der Waals surface area contributed by atoms with E-state index in [1.165, 1.54) is 30.2 Å². The van der Waals surface area contributed by atoms with E-state index in [0.29, 0.717) is 12.5 Å². The molecule has 0 amide bonds. The first-order valence-electron chi connectivity index (χ1n) is 10.9. The summed E-state index contributed by atoms with van der Waals surface area (Å²) in [7, 11) is -3.50. The monoisotopic (exact) mass is 445 g/mol. The number of aryl methyl sites for hydroxylation is 1. The highest BCUT2D eigenvalue weighted by Gasteiger charge is 2.24. The minimum atomic E-state index is -3.50. The third-order valence-electron chi connectivity index (χ3n) is 6.19. The highest BCUT2D eigenvalue weighted by molar-refractivity contribution is 7.98. The summed E-state index contributed by atoms with van der Waals surface area (Å²) in [5.41, 5.74) is 4.35. The number of thioether (sulfide) groups is 1. The summed E-state index contributed by atoms with van der Waals surface area (Å²) in [4.78, 5) is 0. The van der Waals surface area contributed by atoms with Crippen LogP contribution in [0.3, 0.4) is 0 Å². The number of hydrogen-bond acceptors (Lipinski definition) is 4. The summed E-state index contributed by atoms with van der Waals surface area (Å²) in [5, 5.41) is 6.16. The van der Waals surface area contributed by atoms with E-state index in [0.717, 1.165) is 47.7 Å². The molecule has 2 aromatic rings. The number of nitrogens with one attached hydrogen (secondary N) is 1. The second-order valence-corrected chi connectivity index (χ2v) is 11.1. The van der Waals surface area contributed by atoms with E-state index in [1.54, 1.807) is 6.08 Å². The lowest BCUT2D eigenvalue weighted by atomic mass is 9.85. The van der Waals surface area contributed by atoms with Crippen molar-refractivity contribution < 1.29 is 8.42 Å². The summed E-state index contributed by atoms with van der Waals surface area (Å²) in [6.45, 7) is 2.64. The van der Waals surface area contributed by atoms with Gasteiger partial charge in [0.25, 0.3) is 0 Å². The summed E-state index contributed by atoms with van der Waals surface area (Å²) < 4.78 is 30.4. The van der Waals surface area contributed by atoms with Gasteiger partial charge in [-0.15, -0.1) is 0 Å². The van der Waals surface area contributed by atoms with Gasteiger partial charge in [-0.1, -0.05) is 49.6 Å². The molecule has 7 heteroatoms. The summed E-state index contributed by atoms with van der Waals surface area (Å²) in [6.07, 6.45) is 8.58. The van der Waals surface area contributed by atoms with Crippen LogP contribution in [0, 0.1) is 5.92 Å². The quantitative estimate of drug-likeness (QED) is 0.678. The van der Waals surface area contributed by atoms with Gasteiger partial charge in [-0.05, 0) is 43.1 Å². The maximum absolute atomic E-state index is 12.8. The second-order valence-electron chi connectivity index (χ2n) is 8.41. The van der Waals surface area contributed by atoms with Crippen molar-refractivity contribution >= 4 is 27.9 Å². The molecule has 0 radical (unpaired) electrons. The van der Waals surface area contributed by atoms with Gasteiger partial charge in [-0.2, -0.15) is 16.9 Å². The Morgan fingerprint density at radius 1 is 1.23 bits per heavy atom. The highest BCUT2D eigenvalue weighted by Crippen LogP contribution is 2.29. The molecule has 0 bridgehead atoms. The zero-order valence-corrected chi connectivity index (χ0v) is 19.2. The van der Waals surface area contributed by atoms with Gasteiger partial charge in [0.1, 0.15) is 0 Å². The van der Waals surface area contributed by atoms with Gasteiger partial charge in [0.05, 0.1) is 17.9 Å². The average Bonchev–Trinajstić information content (AvgIpc) is 3.10. The van der Waals surface area contributed by atoms with E-state index >= 15 is 0 Å². The Hall–Kier alpha value is -1.57. The molecule has 1 aliphatic heterocycles. The molecular formula is C23H31N3O2S2. The Labute approximate surface area is 184 Å². The molecule has 5 nitrogen and oxygen atoms in total. The molecule has 2 heterocycles. The lowest BCUT2D eigenvalue weighted by molar-refractivity contribution is 0.303. The molecule has 1 aromatic heterocycles. The van der Waals surface area contributed by atoms with E-state index < -0.39 is 10.0 Å². The van der Waals surface area contributed by atoms with Gasteiger partial charge in [0.2, 0.25) is 10.0 Å². The Bertz CT molecular complexity index is 977. The van der Waals surface area contributed by atoms with Crippen molar-refractivity contribution in [1.29, 1.82) is 0 Å². The zero-order valence-electron chi connectivity index (χ0n) is 17.6. The maximum atomic E-state index is 12.8. The van der Waals surface area contributed by atoms with Crippen molar-refractivity contribution in [2.24, 2.45) is 5.92 Å². The lowest BCUT2D eigenvalue weighted by Gasteiger charge is -2.27. The molecule has 162 valence electrons. The Morgan fingerprint density at radius 2 is 2.00 bits per heavy atom. The predicted molar refractivity (Wildman–Crippen MR) is 125 cm³/mol. The molecule has 0 unspecified atom stereocenters. The minimum absolute atomic E-state index is 0.0290. The smallest absolute Gasteiger partial charge is 0.234 e. The Balaban J connectivity index is 1.54. The van der Waals surface area contributed by atoms with Gasteiger partial charge >= 0.3 is 0 Å². The van der Waals surface area contributed by atoms with Crippen molar-refractivity contribution in [3.8, 4) is 0 Å². The topological polar surface area (TPSA) is 64.0 Å². The van der Waals surface area contributed by atoms with Crippen molar-refractivity contribution in [1.82, 2.24) is 14.5 Å². The van der Waals surface area contributed by atoms with Crippen LogP contribution in [0.25, 0.3) is 6.08 Å². The van der Waals surface area contributed by atoms with E-state index in [9.17, 15) is 8.42 Å².